The second kappa shape index (κ2) is 5.00. The highest BCUT2D eigenvalue weighted by molar-refractivity contribution is 6.30. The van der Waals surface area contributed by atoms with Crippen LogP contribution >= 0.6 is 11.6 Å². The SMILES string of the molecule is OC1CCCC(Cc2cccc(Cl)c2)C1. The van der Waals surface area contributed by atoms with E-state index in [0.717, 1.165) is 30.7 Å². The summed E-state index contributed by atoms with van der Waals surface area (Å²) in [6.07, 6.45) is 5.30. The van der Waals surface area contributed by atoms with Gasteiger partial charge in [-0.25, -0.2) is 0 Å². The van der Waals surface area contributed by atoms with Crippen LogP contribution in [0.1, 0.15) is 31.2 Å². The second-order valence-corrected chi connectivity index (χ2v) is 4.96. The molecule has 1 aliphatic rings. The molecule has 0 amide bonds. The molecule has 0 bridgehead atoms. The summed E-state index contributed by atoms with van der Waals surface area (Å²) in [5.74, 6) is 0.632. The Kier molecular flexibility index (Phi) is 3.66. The third-order valence-corrected chi connectivity index (χ3v) is 3.40. The van der Waals surface area contributed by atoms with Gasteiger partial charge < -0.3 is 5.11 Å². The van der Waals surface area contributed by atoms with E-state index in [0.29, 0.717) is 5.92 Å². The molecule has 2 heteroatoms. The lowest BCUT2D eigenvalue weighted by Crippen LogP contribution is -2.20. The van der Waals surface area contributed by atoms with Crippen LogP contribution in [0.4, 0.5) is 0 Å². The molecule has 0 spiro atoms. The third kappa shape index (κ3) is 3.22. The molecule has 2 atom stereocenters. The predicted molar refractivity (Wildman–Crippen MR) is 63.1 cm³/mol. The van der Waals surface area contributed by atoms with Crippen LogP contribution in [0.5, 0.6) is 0 Å². The van der Waals surface area contributed by atoms with E-state index in [1.165, 1.54) is 12.0 Å². The van der Waals surface area contributed by atoms with E-state index < -0.39 is 0 Å². The predicted octanol–water partition coefficient (Wildman–Crippen LogP) is 3.43. The van der Waals surface area contributed by atoms with Crippen LogP contribution in [-0.4, -0.2) is 11.2 Å². The Morgan fingerprint density at radius 2 is 2.20 bits per heavy atom. The average molecular weight is 225 g/mol. The van der Waals surface area contributed by atoms with Crippen molar-refractivity contribution in [3.05, 3.63) is 34.9 Å². The lowest BCUT2D eigenvalue weighted by Gasteiger charge is -2.25. The minimum absolute atomic E-state index is 0.0806. The molecule has 0 saturated heterocycles. The highest BCUT2D eigenvalue weighted by Gasteiger charge is 2.20. The first-order valence-electron chi connectivity index (χ1n) is 5.66. The molecule has 2 unspecified atom stereocenters. The van der Waals surface area contributed by atoms with Gasteiger partial charge in [0, 0.05) is 5.02 Å². The van der Waals surface area contributed by atoms with Crippen molar-refractivity contribution < 1.29 is 5.11 Å². The Labute approximate surface area is 96.1 Å². The molecule has 0 radical (unpaired) electrons. The number of benzene rings is 1. The fraction of sp³-hybridized carbons (Fsp3) is 0.538. The molecule has 1 nitrogen and oxygen atoms in total. The van der Waals surface area contributed by atoms with Crippen molar-refractivity contribution in [3.8, 4) is 0 Å². The molecule has 1 N–H and O–H groups in total. The molecule has 1 aliphatic carbocycles. The molecule has 1 aromatic rings. The first-order chi connectivity index (χ1) is 7.24. The van der Waals surface area contributed by atoms with E-state index in [4.69, 9.17) is 11.6 Å². The number of hydrogen-bond acceptors (Lipinski definition) is 1. The summed E-state index contributed by atoms with van der Waals surface area (Å²) in [7, 11) is 0. The summed E-state index contributed by atoms with van der Waals surface area (Å²) < 4.78 is 0. The zero-order chi connectivity index (χ0) is 10.7. The van der Waals surface area contributed by atoms with Gasteiger partial charge in [-0.15, -0.1) is 0 Å². The Bertz CT molecular complexity index is 324. The normalized spacial score (nSPS) is 26.5. The standard InChI is InChI=1S/C13H17ClO/c14-12-5-1-3-10(8-12)7-11-4-2-6-13(15)9-11/h1,3,5,8,11,13,15H,2,4,6-7,9H2. The smallest absolute Gasteiger partial charge is 0.0543 e. The second-order valence-electron chi connectivity index (χ2n) is 4.52. The van der Waals surface area contributed by atoms with Crippen LogP contribution in [0.2, 0.25) is 5.02 Å². The van der Waals surface area contributed by atoms with Gasteiger partial charge in [-0.2, -0.15) is 0 Å². The summed E-state index contributed by atoms with van der Waals surface area (Å²) in [6, 6.07) is 8.05. The van der Waals surface area contributed by atoms with Crippen LogP contribution < -0.4 is 0 Å². The van der Waals surface area contributed by atoms with E-state index in [-0.39, 0.29) is 6.10 Å². The number of aliphatic hydroxyl groups excluding tert-OH is 1. The van der Waals surface area contributed by atoms with Crippen LogP contribution in [0, 0.1) is 5.92 Å². The minimum Gasteiger partial charge on any atom is -0.393 e. The van der Waals surface area contributed by atoms with E-state index in [1.54, 1.807) is 0 Å². The quantitative estimate of drug-likeness (QED) is 0.816. The summed E-state index contributed by atoms with van der Waals surface area (Å²) in [4.78, 5) is 0. The molecule has 82 valence electrons. The Balaban J connectivity index is 1.96. The summed E-state index contributed by atoms with van der Waals surface area (Å²) in [5.41, 5.74) is 1.29. The van der Waals surface area contributed by atoms with Gasteiger partial charge in [0.05, 0.1) is 6.10 Å². The number of aliphatic hydroxyl groups is 1. The van der Waals surface area contributed by atoms with Gasteiger partial charge in [0.2, 0.25) is 0 Å². The van der Waals surface area contributed by atoms with E-state index in [2.05, 4.69) is 6.07 Å². The third-order valence-electron chi connectivity index (χ3n) is 3.17. The van der Waals surface area contributed by atoms with Crippen LogP contribution in [-0.2, 0) is 6.42 Å². The van der Waals surface area contributed by atoms with Gasteiger partial charge in [0.15, 0.2) is 0 Å². The summed E-state index contributed by atoms with van der Waals surface area (Å²) in [5, 5.41) is 10.4. The first-order valence-corrected chi connectivity index (χ1v) is 6.04. The number of halogens is 1. The van der Waals surface area contributed by atoms with Gasteiger partial charge in [-0.05, 0) is 49.3 Å². The first kappa shape index (κ1) is 11.0. The number of rotatable bonds is 2. The van der Waals surface area contributed by atoms with Crippen molar-refractivity contribution in [2.24, 2.45) is 5.92 Å². The van der Waals surface area contributed by atoms with Gasteiger partial charge in [0.25, 0.3) is 0 Å². The van der Waals surface area contributed by atoms with Crippen molar-refractivity contribution in [1.82, 2.24) is 0 Å². The molecule has 2 rings (SSSR count). The highest BCUT2D eigenvalue weighted by atomic mass is 35.5. The fourth-order valence-corrected chi connectivity index (χ4v) is 2.66. The van der Waals surface area contributed by atoms with Crippen molar-refractivity contribution >= 4 is 11.6 Å². The van der Waals surface area contributed by atoms with Crippen molar-refractivity contribution in [3.63, 3.8) is 0 Å². The molecule has 0 heterocycles. The Hall–Kier alpha value is -0.530. The molecule has 0 aromatic heterocycles. The maximum Gasteiger partial charge on any atom is 0.0543 e. The van der Waals surface area contributed by atoms with Gasteiger partial charge in [0.1, 0.15) is 0 Å². The lowest BCUT2D eigenvalue weighted by molar-refractivity contribution is 0.101. The topological polar surface area (TPSA) is 20.2 Å². The molecular weight excluding hydrogens is 208 g/mol. The monoisotopic (exact) mass is 224 g/mol. The molecule has 0 aliphatic heterocycles. The summed E-state index contributed by atoms with van der Waals surface area (Å²) >= 11 is 5.94. The number of hydrogen-bond donors (Lipinski definition) is 1. The van der Waals surface area contributed by atoms with Crippen LogP contribution in [0.25, 0.3) is 0 Å². The molecule has 1 fully saturated rings. The zero-order valence-corrected chi connectivity index (χ0v) is 9.58. The van der Waals surface area contributed by atoms with Crippen LogP contribution in [0.15, 0.2) is 24.3 Å². The van der Waals surface area contributed by atoms with Crippen molar-refractivity contribution in [1.29, 1.82) is 0 Å². The zero-order valence-electron chi connectivity index (χ0n) is 8.82. The van der Waals surface area contributed by atoms with Crippen LogP contribution in [0.3, 0.4) is 0 Å². The van der Waals surface area contributed by atoms with E-state index >= 15 is 0 Å². The molecular formula is C13H17ClO. The maximum absolute atomic E-state index is 9.59. The Morgan fingerprint density at radius 1 is 1.33 bits per heavy atom. The molecule has 1 aromatic carbocycles. The van der Waals surface area contributed by atoms with Gasteiger partial charge in [-0.3, -0.25) is 0 Å². The highest BCUT2D eigenvalue weighted by Crippen LogP contribution is 2.27. The van der Waals surface area contributed by atoms with E-state index in [9.17, 15) is 5.11 Å². The lowest BCUT2D eigenvalue weighted by atomic mass is 9.83. The maximum atomic E-state index is 9.59. The Morgan fingerprint density at radius 3 is 2.93 bits per heavy atom. The minimum atomic E-state index is -0.0806. The van der Waals surface area contributed by atoms with Gasteiger partial charge in [-0.1, -0.05) is 30.2 Å². The fourth-order valence-electron chi connectivity index (χ4n) is 2.45. The largest absolute Gasteiger partial charge is 0.393 e. The van der Waals surface area contributed by atoms with E-state index in [1.807, 2.05) is 18.2 Å². The van der Waals surface area contributed by atoms with Crippen molar-refractivity contribution in [2.75, 3.05) is 0 Å². The molecule has 15 heavy (non-hydrogen) atoms. The summed E-state index contributed by atoms with van der Waals surface area (Å²) in [6.45, 7) is 0. The van der Waals surface area contributed by atoms with Gasteiger partial charge >= 0.3 is 0 Å². The average Bonchev–Trinajstić information content (AvgIpc) is 2.17. The molecule has 1 saturated carbocycles. The van der Waals surface area contributed by atoms with Crippen molar-refractivity contribution in [2.45, 2.75) is 38.2 Å².